The van der Waals surface area contributed by atoms with Crippen LogP contribution in [0, 0.1) is 0 Å². The number of aliphatic hydroxyl groups excluding tert-OH is 1. The average molecular weight is 322 g/mol. The quantitative estimate of drug-likeness (QED) is 0.669. The van der Waals surface area contributed by atoms with E-state index < -0.39 is 24.9 Å². The molecule has 1 unspecified atom stereocenters. The zero-order valence-corrected chi connectivity index (χ0v) is 12.3. The van der Waals surface area contributed by atoms with Crippen LogP contribution in [0.5, 0.6) is 0 Å². The summed E-state index contributed by atoms with van der Waals surface area (Å²) < 4.78 is 25.0. The van der Waals surface area contributed by atoms with Crippen LogP contribution >= 0.6 is 11.6 Å². The van der Waals surface area contributed by atoms with E-state index in [2.05, 4.69) is 5.32 Å². The van der Waals surface area contributed by atoms with Gasteiger partial charge in [-0.25, -0.2) is 8.78 Å². The monoisotopic (exact) mass is 321 g/mol. The molecule has 0 bridgehead atoms. The highest BCUT2D eigenvalue weighted by atomic mass is 35.5. The van der Waals surface area contributed by atoms with Crippen molar-refractivity contribution < 1.29 is 18.7 Å². The fourth-order valence-corrected chi connectivity index (χ4v) is 1.96. The third-order valence-electron chi connectivity index (χ3n) is 2.96. The molecule has 1 aromatic carbocycles. The van der Waals surface area contributed by atoms with Crippen molar-refractivity contribution in [1.29, 1.82) is 0 Å². The number of amides is 1. The van der Waals surface area contributed by atoms with Crippen LogP contribution in [-0.4, -0.2) is 48.1 Å². The summed E-state index contributed by atoms with van der Waals surface area (Å²) in [6.07, 6.45) is -2.59. The first-order chi connectivity index (χ1) is 9.85. The van der Waals surface area contributed by atoms with Gasteiger partial charge in [0.15, 0.2) is 0 Å². The van der Waals surface area contributed by atoms with Gasteiger partial charge in [-0.3, -0.25) is 9.69 Å². The second-order valence-electron chi connectivity index (χ2n) is 4.51. The van der Waals surface area contributed by atoms with Crippen LogP contribution in [0.15, 0.2) is 18.2 Å². The number of nitrogens with two attached hydrogens (primary N) is 1. The Morgan fingerprint density at radius 2 is 2.19 bits per heavy atom. The highest BCUT2D eigenvalue weighted by Crippen LogP contribution is 2.23. The Labute approximate surface area is 126 Å². The number of nitrogen functional groups attached to an aromatic ring is 1. The molecule has 5 nitrogen and oxygen atoms in total. The van der Waals surface area contributed by atoms with Gasteiger partial charge in [0.25, 0.3) is 6.43 Å². The Hall–Kier alpha value is -1.44. The number of nitrogens with zero attached hydrogens (tertiary/aromatic N) is 1. The molecule has 8 heteroatoms. The van der Waals surface area contributed by atoms with Crippen LogP contribution < -0.4 is 11.1 Å². The van der Waals surface area contributed by atoms with E-state index in [1.165, 1.54) is 24.0 Å². The van der Waals surface area contributed by atoms with Gasteiger partial charge in [0.05, 0.1) is 30.6 Å². The molecule has 4 N–H and O–H groups in total. The Kier molecular flexibility index (Phi) is 6.80. The van der Waals surface area contributed by atoms with Crippen molar-refractivity contribution >= 4 is 28.9 Å². The molecule has 0 aliphatic rings. The maximum absolute atomic E-state index is 12.5. The maximum atomic E-state index is 12.5. The first-order valence-corrected chi connectivity index (χ1v) is 6.72. The van der Waals surface area contributed by atoms with Crippen LogP contribution in [0.2, 0.25) is 5.02 Å². The molecule has 0 aromatic heterocycles. The minimum atomic E-state index is -2.59. The van der Waals surface area contributed by atoms with E-state index in [-0.39, 0.29) is 13.2 Å². The van der Waals surface area contributed by atoms with Crippen molar-refractivity contribution in [3.8, 4) is 0 Å². The van der Waals surface area contributed by atoms with Crippen molar-refractivity contribution in [3.05, 3.63) is 23.2 Å². The lowest BCUT2D eigenvalue weighted by Gasteiger charge is -2.27. The third-order valence-corrected chi connectivity index (χ3v) is 3.20. The van der Waals surface area contributed by atoms with Gasteiger partial charge in [-0.05, 0) is 25.1 Å². The Balaban J connectivity index is 2.78. The molecule has 0 spiro atoms. The summed E-state index contributed by atoms with van der Waals surface area (Å²) in [5.41, 5.74) is 6.35. The van der Waals surface area contributed by atoms with Crippen LogP contribution in [0.25, 0.3) is 0 Å². The molecule has 0 heterocycles. The molecular formula is C13H18ClF2N3O2. The normalized spacial score (nSPS) is 12.7. The topological polar surface area (TPSA) is 78.6 Å². The molecular weight excluding hydrogens is 304 g/mol. The average Bonchev–Trinajstić information content (AvgIpc) is 2.41. The summed E-state index contributed by atoms with van der Waals surface area (Å²) >= 11 is 5.81. The fraction of sp³-hybridized carbons (Fsp3) is 0.462. The highest BCUT2D eigenvalue weighted by molar-refractivity contribution is 6.31. The number of anilines is 2. The minimum absolute atomic E-state index is 0.0239. The van der Waals surface area contributed by atoms with Crippen LogP contribution in [-0.2, 0) is 4.79 Å². The molecule has 1 amide bonds. The number of alkyl halides is 2. The van der Waals surface area contributed by atoms with Crippen molar-refractivity contribution in [2.45, 2.75) is 19.4 Å². The van der Waals surface area contributed by atoms with Gasteiger partial charge in [0, 0.05) is 11.6 Å². The van der Waals surface area contributed by atoms with E-state index in [4.69, 9.17) is 22.4 Å². The first kappa shape index (κ1) is 17.6. The fourth-order valence-electron chi connectivity index (χ4n) is 1.79. The molecule has 0 aliphatic heterocycles. The minimum Gasteiger partial charge on any atom is -0.397 e. The van der Waals surface area contributed by atoms with E-state index >= 15 is 0 Å². The second kappa shape index (κ2) is 8.11. The number of rotatable bonds is 7. The molecule has 0 aliphatic carbocycles. The number of carbonyl (C=O) groups is 1. The SMILES string of the molecule is CC(C(=O)Nc1cc(Cl)ccc1N)N(CCO)CC(F)F. The third kappa shape index (κ3) is 5.45. The van der Waals surface area contributed by atoms with Crippen molar-refractivity contribution in [2.24, 2.45) is 0 Å². The smallest absolute Gasteiger partial charge is 0.251 e. The van der Waals surface area contributed by atoms with E-state index in [1.807, 2.05) is 0 Å². The predicted molar refractivity (Wildman–Crippen MR) is 78.6 cm³/mol. The van der Waals surface area contributed by atoms with Gasteiger partial charge in [0.1, 0.15) is 0 Å². The van der Waals surface area contributed by atoms with Gasteiger partial charge < -0.3 is 16.2 Å². The van der Waals surface area contributed by atoms with E-state index in [0.717, 1.165) is 0 Å². The maximum Gasteiger partial charge on any atom is 0.251 e. The molecule has 1 atom stereocenters. The van der Waals surface area contributed by atoms with E-state index in [9.17, 15) is 13.6 Å². The lowest BCUT2D eigenvalue weighted by molar-refractivity contribution is -0.121. The lowest BCUT2D eigenvalue weighted by atomic mass is 10.2. The second-order valence-corrected chi connectivity index (χ2v) is 4.94. The number of hydrogen-bond acceptors (Lipinski definition) is 4. The summed E-state index contributed by atoms with van der Waals surface area (Å²) in [5, 5.41) is 11.8. The molecule has 0 saturated carbocycles. The molecule has 1 aromatic rings. The van der Waals surface area contributed by atoms with Crippen LogP contribution in [0.3, 0.4) is 0 Å². The number of halogens is 3. The predicted octanol–water partition coefficient (Wildman–Crippen LogP) is 1.81. The van der Waals surface area contributed by atoms with Crippen molar-refractivity contribution in [2.75, 3.05) is 30.7 Å². The van der Waals surface area contributed by atoms with Crippen molar-refractivity contribution in [3.63, 3.8) is 0 Å². The number of nitrogens with one attached hydrogen (secondary N) is 1. The number of carbonyl (C=O) groups excluding carboxylic acids is 1. The first-order valence-electron chi connectivity index (χ1n) is 6.34. The summed E-state index contributed by atoms with van der Waals surface area (Å²) in [7, 11) is 0. The van der Waals surface area contributed by atoms with Gasteiger partial charge in [-0.15, -0.1) is 0 Å². The number of aliphatic hydroxyl groups is 1. The highest BCUT2D eigenvalue weighted by Gasteiger charge is 2.24. The molecule has 118 valence electrons. The van der Waals surface area contributed by atoms with E-state index in [1.54, 1.807) is 6.07 Å². The summed E-state index contributed by atoms with van der Waals surface area (Å²) in [4.78, 5) is 13.3. The van der Waals surface area contributed by atoms with Crippen LogP contribution in [0.1, 0.15) is 6.92 Å². The zero-order valence-electron chi connectivity index (χ0n) is 11.5. The standard InChI is InChI=1S/C13H18ClF2N3O2/c1-8(19(4-5-20)7-12(15)16)13(21)18-11-6-9(14)2-3-10(11)17/h2-3,6,8,12,20H,4-5,7,17H2,1H3,(H,18,21). The molecule has 1 rings (SSSR count). The number of hydrogen-bond donors (Lipinski definition) is 3. The molecule has 21 heavy (non-hydrogen) atoms. The van der Waals surface area contributed by atoms with E-state index in [0.29, 0.717) is 16.4 Å². The van der Waals surface area contributed by atoms with Crippen molar-refractivity contribution in [1.82, 2.24) is 4.90 Å². The Morgan fingerprint density at radius 1 is 1.52 bits per heavy atom. The largest absolute Gasteiger partial charge is 0.397 e. The molecule has 0 saturated heterocycles. The Morgan fingerprint density at radius 3 is 2.76 bits per heavy atom. The van der Waals surface area contributed by atoms with Gasteiger partial charge in [-0.2, -0.15) is 0 Å². The number of benzene rings is 1. The summed E-state index contributed by atoms with van der Waals surface area (Å²) in [6.45, 7) is 0.544. The molecule has 0 radical (unpaired) electrons. The zero-order chi connectivity index (χ0) is 16.0. The van der Waals surface area contributed by atoms with Gasteiger partial charge in [-0.1, -0.05) is 11.6 Å². The summed E-state index contributed by atoms with van der Waals surface area (Å²) in [6, 6.07) is 3.74. The molecule has 0 fully saturated rings. The van der Waals surface area contributed by atoms with Gasteiger partial charge >= 0.3 is 0 Å². The Bertz CT molecular complexity index is 488. The summed E-state index contributed by atoms with van der Waals surface area (Å²) in [5.74, 6) is -0.502. The lowest BCUT2D eigenvalue weighted by Crippen LogP contribution is -2.45. The van der Waals surface area contributed by atoms with Crippen LogP contribution in [0.4, 0.5) is 20.2 Å². The van der Waals surface area contributed by atoms with Gasteiger partial charge in [0.2, 0.25) is 5.91 Å².